The number of nitrogens with zero attached hydrogens (tertiary/aromatic N) is 1. The maximum Gasteiger partial charge on any atom is 0.0717 e. The van der Waals surface area contributed by atoms with E-state index in [1.54, 1.807) is 0 Å². The van der Waals surface area contributed by atoms with Crippen LogP contribution in [0.1, 0.15) is 39.2 Å². The Bertz CT molecular complexity index is 666. The van der Waals surface area contributed by atoms with E-state index in [0.717, 1.165) is 19.4 Å². The van der Waals surface area contributed by atoms with Crippen molar-refractivity contribution in [1.29, 1.82) is 0 Å². The zero-order chi connectivity index (χ0) is 15.8. The summed E-state index contributed by atoms with van der Waals surface area (Å²) in [4.78, 5) is 4.41. The zero-order valence-corrected chi connectivity index (χ0v) is 13.8. The lowest BCUT2D eigenvalue weighted by Gasteiger charge is -2.07. The lowest BCUT2D eigenvalue weighted by atomic mass is 10.1. The fourth-order valence-corrected chi connectivity index (χ4v) is 2.46. The molecule has 2 nitrogen and oxygen atoms in total. The molecule has 0 aromatic heterocycles. The molecule has 0 heterocycles. The summed E-state index contributed by atoms with van der Waals surface area (Å²) in [5.74, 6) is 0. The minimum Gasteiger partial charge on any atom is -0.377 e. The quantitative estimate of drug-likeness (QED) is 0.487. The molecule has 0 saturated carbocycles. The molecule has 2 aromatic rings. The third-order valence-corrected chi connectivity index (χ3v) is 3.65. The predicted molar refractivity (Wildman–Crippen MR) is 95.4 cm³/mol. The fraction of sp³-hybridized carbons (Fsp3) is 0.350. The molecule has 2 aromatic carbocycles. The molecular weight excluding hydrogens is 270 g/mol. The van der Waals surface area contributed by atoms with Gasteiger partial charge in [-0.2, -0.15) is 0 Å². The van der Waals surface area contributed by atoms with Crippen molar-refractivity contribution in [2.24, 2.45) is 4.99 Å². The van der Waals surface area contributed by atoms with E-state index in [4.69, 9.17) is 4.74 Å². The SMILES string of the molecule is CC=NC(CCCOCc1ccc2ccccc2c1)=C(C)C. The van der Waals surface area contributed by atoms with E-state index in [1.165, 1.54) is 27.6 Å². The Kier molecular flexibility index (Phi) is 6.35. The van der Waals surface area contributed by atoms with Crippen molar-refractivity contribution in [3.8, 4) is 0 Å². The first-order chi connectivity index (χ1) is 10.7. The van der Waals surface area contributed by atoms with E-state index in [2.05, 4.69) is 61.3 Å². The molecule has 0 bridgehead atoms. The Morgan fingerprint density at radius 2 is 1.86 bits per heavy atom. The molecule has 22 heavy (non-hydrogen) atoms. The molecule has 0 aliphatic heterocycles. The minimum atomic E-state index is 0.673. The summed E-state index contributed by atoms with van der Waals surface area (Å²) in [6, 6.07) is 14.9. The highest BCUT2D eigenvalue weighted by molar-refractivity contribution is 5.82. The molecule has 0 spiro atoms. The summed E-state index contributed by atoms with van der Waals surface area (Å²) in [6.45, 7) is 7.62. The summed E-state index contributed by atoms with van der Waals surface area (Å²) in [6.07, 6.45) is 3.84. The van der Waals surface area contributed by atoms with Crippen LogP contribution in [-0.4, -0.2) is 12.8 Å². The summed E-state index contributed by atoms with van der Waals surface area (Å²) in [7, 11) is 0. The third-order valence-electron chi connectivity index (χ3n) is 3.65. The van der Waals surface area contributed by atoms with E-state index in [1.807, 2.05) is 13.1 Å². The molecule has 0 radical (unpaired) electrons. The molecule has 2 heteroatoms. The number of hydrogen-bond donors (Lipinski definition) is 0. The number of benzene rings is 2. The van der Waals surface area contributed by atoms with Gasteiger partial charge in [-0.1, -0.05) is 42.0 Å². The Labute approximate surface area is 133 Å². The summed E-state index contributed by atoms with van der Waals surface area (Å²) in [5.41, 5.74) is 3.69. The first-order valence-corrected chi connectivity index (χ1v) is 7.91. The molecule has 0 unspecified atom stereocenters. The molecule has 116 valence electrons. The smallest absolute Gasteiger partial charge is 0.0717 e. The average molecular weight is 295 g/mol. The lowest BCUT2D eigenvalue weighted by Crippen LogP contribution is -1.97. The molecule has 0 saturated heterocycles. The normalized spacial score (nSPS) is 11.2. The van der Waals surface area contributed by atoms with Gasteiger partial charge in [0.15, 0.2) is 0 Å². The topological polar surface area (TPSA) is 21.6 Å². The number of fused-ring (bicyclic) bond motifs is 1. The highest BCUT2D eigenvalue weighted by atomic mass is 16.5. The van der Waals surface area contributed by atoms with E-state index < -0.39 is 0 Å². The number of ether oxygens (including phenoxy) is 1. The summed E-state index contributed by atoms with van der Waals surface area (Å²) in [5, 5.41) is 2.55. The van der Waals surface area contributed by atoms with Crippen molar-refractivity contribution in [2.45, 2.75) is 40.2 Å². The third kappa shape index (κ3) is 4.81. The molecule has 0 fully saturated rings. The van der Waals surface area contributed by atoms with Gasteiger partial charge in [-0.3, -0.25) is 4.99 Å². The second kappa shape index (κ2) is 8.50. The standard InChI is InChI=1S/C20H25NO/c1-4-21-20(16(2)3)10-7-13-22-15-17-11-12-18-8-5-6-9-19(18)14-17/h4-6,8-9,11-12,14H,7,10,13,15H2,1-3H3. The van der Waals surface area contributed by atoms with Gasteiger partial charge in [-0.05, 0) is 56.0 Å². The van der Waals surface area contributed by atoms with Crippen molar-refractivity contribution >= 4 is 17.0 Å². The van der Waals surface area contributed by atoms with E-state index >= 15 is 0 Å². The number of hydrogen-bond acceptors (Lipinski definition) is 2. The van der Waals surface area contributed by atoms with Crippen LogP contribution >= 0.6 is 0 Å². The Morgan fingerprint density at radius 1 is 1.09 bits per heavy atom. The number of aliphatic imine (C=N–C) groups is 1. The highest BCUT2D eigenvalue weighted by Gasteiger charge is 1.99. The average Bonchev–Trinajstić information content (AvgIpc) is 2.53. The van der Waals surface area contributed by atoms with Crippen LogP contribution in [0.2, 0.25) is 0 Å². The van der Waals surface area contributed by atoms with Gasteiger partial charge in [-0.15, -0.1) is 0 Å². The second-order valence-electron chi connectivity index (χ2n) is 5.67. The van der Waals surface area contributed by atoms with Crippen molar-refractivity contribution in [3.05, 3.63) is 59.3 Å². The predicted octanol–water partition coefficient (Wildman–Crippen LogP) is 5.52. The van der Waals surface area contributed by atoms with E-state index in [-0.39, 0.29) is 0 Å². The molecule has 2 rings (SSSR count). The molecule has 0 aliphatic carbocycles. The molecular formula is C20H25NO. The second-order valence-corrected chi connectivity index (χ2v) is 5.67. The maximum absolute atomic E-state index is 5.80. The van der Waals surface area contributed by atoms with Crippen molar-refractivity contribution in [2.75, 3.05) is 6.61 Å². The van der Waals surface area contributed by atoms with Crippen molar-refractivity contribution in [1.82, 2.24) is 0 Å². The molecule has 0 atom stereocenters. The number of allylic oxidation sites excluding steroid dienone is 2. The van der Waals surface area contributed by atoms with Gasteiger partial charge in [0.1, 0.15) is 0 Å². The minimum absolute atomic E-state index is 0.673. The van der Waals surface area contributed by atoms with Crippen LogP contribution in [0.4, 0.5) is 0 Å². The number of rotatable bonds is 7. The monoisotopic (exact) mass is 295 g/mol. The van der Waals surface area contributed by atoms with Gasteiger partial charge in [0.2, 0.25) is 0 Å². The summed E-state index contributed by atoms with van der Waals surface area (Å²) < 4.78 is 5.80. The molecule has 0 aliphatic rings. The van der Waals surface area contributed by atoms with Crippen LogP contribution in [0.25, 0.3) is 10.8 Å². The van der Waals surface area contributed by atoms with Gasteiger partial charge in [0.25, 0.3) is 0 Å². The van der Waals surface area contributed by atoms with Crippen molar-refractivity contribution in [3.63, 3.8) is 0 Å². The van der Waals surface area contributed by atoms with E-state index in [9.17, 15) is 0 Å². The first kappa shape index (κ1) is 16.4. The van der Waals surface area contributed by atoms with Gasteiger partial charge in [0.05, 0.1) is 6.61 Å². The van der Waals surface area contributed by atoms with Gasteiger partial charge >= 0.3 is 0 Å². The van der Waals surface area contributed by atoms with Gasteiger partial charge in [0, 0.05) is 18.5 Å². The molecule has 0 amide bonds. The zero-order valence-electron chi connectivity index (χ0n) is 13.8. The Morgan fingerprint density at radius 3 is 2.59 bits per heavy atom. The highest BCUT2D eigenvalue weighted by Crippen LogP contribution is 2.17. The van der Waals surface area contributed by atoms with Crippen LogP contribution in [0.5, 0.6) is 0 Å². The fourth-order valence-electron chi connectivity index (χ4n) is 2.46. The van der Waals surface area contributed by atoms with Crippen LogP contribution < -0.4 is 0 Å². The van der Waals surface area contributed by atoms with Crippen molar-refractivity contribution < 1.29 is 4.74 Å². The Hall–Kier alpha value is -1.93. The Balaban J connectivity index is 1.79. The van der Waals surface area contributed by atoms with Crippen LogP contribution in [-0.2, 0) is 11.3 Å². The largest absolute Gasteiger partial charge is 0.377 e. The van der Waals surface area contributed by atoms with Crippen LogP contribution in [0, 0.1) is 0 Å². The lowest BCUT2D eigenvalue weighted by molar-refractivity contribution is 0.118. The summed E-state index contributed by atoms with van der Waals surface area (Å²) >= 11 is 0. The molecule has 0 N–H and O–H groups in total. The first-order valence-electron chi connectivity index (χ1n) is 7.91. The van der Waals surface area contributed by atoms with E-state index in [0.29, 0.717) is 6.61 Å². The maximum atomic E-state index is 5.80. The van der Waals surface area contributed by atoms with Gasteiger partial charge in [-0.25, -0.2) is 0 Å². The van der Waals surface area contributed by atoms with Crippen LogP contribution in [0.3, 0.4) is 0 Å². The van der Waals surface area contributed by atoms with Crippen LogP contribution in [0.15, 0.2) is 58.7 Å². The van der Waals surface area contributed by atoms with Gasteiger partial charge < -0.3 is 4.74 Å².